The molecule has 0 spiro atoms. The summed E-state index contributed by atoms with van der Waals surface area (Å²) in [6.45, 7) is 10.6. The molecule has 198 valence electrons. The maximum atomic E-state index is 13.6. The molecule has 4 atom stereocenters. The van der Waals surface area contributed by atoms with Crippen LogP contribution >= 0.6 is 0 Å². The number of cyclic esters (lactones) is 1. The van der Waals surface area contributed by atoms with Gasteiger partial charge in [-0.1, -0.05) is 40.5 Å². The van der Waals surface area contributed by atoms with E-state index in [4.69, 9.17) is 9.47 Å². The Balaban J connectivity index is 0.00000612. The quantitative estimate of drug-likeness (QED) is 0.219. The molecule has 35 heavy (non-hydrogen) atoms. The maximum absolute atomic E-state index is 13.6. The molecule has 9 heteroatoms. The van der Waals surface area contributed by atoms with Crippen molar-refractivity contribution >= 4 is 22.1 Å². The van der Waals surface area contributed by atoms with E-state index in [1.54, 1.807) is 0 Å². The first-order valence-electron chi connectivity index (χ1n) is 13.0. The molecular weight excluding hydrogens is 479 g/mol. The summed E-state index contributed by atoms with van der Waals surface area (Å²) < 4.78 is 45.4. The summed E-state index contributed by atoms with van der Waals surface area (Å²) in [5.74, 6) is -0.151. The Morgan fingerprint density at radius 2 is 1.83 bits per heavy atom. The Hall–Kier alpha value is -0.150. The van der Waals surface area contributed by atoms with E-state index in [1.165, 1.54) is 7.11 Å². The maximum Gasteiger partial charge on any atom is 1.00 e. The van der Waals surface area contributed by atoms with Crippen molar-refractivity contribution in [3.05, 3.63) is 0 Å². The van der Waals surface area contributed by atoms with Crippen molar-refractivity contribution in [1.29, 1.82) is 0 Å². The Kier molecular flexibility index (Phi) is 12.3. The molecule has 0 N–H and O–H groups in total. The van der Waals surface area contributed by atoms with Crippen LogP contribution in [-0.4, -0.2) is 43.9 Å². The first kappa shape index (κ1) is 32.9. The van der Waals surface area contributed by atoms with Gasteiger partial charge in [-0.15, -0.1) is 0 Å². The zero-order valence-electron chi connectivity index (χ0n) is 23.0. The molecule has 4 unspecified atom stereocenters. The standard InChI is InChI=1S/C26H46O7S.Na/c1-7-10-15-25(9-3)18-33-23(28)26(25,17-24(5,8-2)22(27)32-6)16-19(4)20-11-13-21(14-12-20)34(29,30)31;/h19-21H,7-18H2,1-6H3,(H,29,30,31);/q;+1/p-1. The molecule has 7 nitrogen and oxygen atoms in total. The summed E-state index contributed by atoms with van der Waals surface area (Å²) in [7, 11) is -2.87. The van der Waals surface area contributed by atoms with Crippen LogP contribution in [0.3, 0.4) is 0 Å². The third-order valence-electron chi connectivity index (χ3n) is 9.32. The van der Waals surface area contributed by atoms with Crippen LogP contribution < -0.4 is 29.6 Å². The van der Waals surface area contributed by atoms with Gasteiger partial charge < -0.3 is 14.0 Å². The molecule has 1 aliphatic carbocycles. The number of esters is 2. The number of ether oxygens (including phenoxy) is 2. The normalized spacial score (nSPS) is 31.7. The Bertz CT molecular complexity index is 824. The Morgan fingerprint density at radius 1 is 1.23 bits per heavy atom. The van der Waals surface area contributed by atoms with Gasteiger partial charge in [0.05, 0.1) is 34.7 Å². The predicted octanol–water partition coefficient (Wildman–Crippen LogP) is 2.23. The summed E-state index contributed by atoms with van der Waals surface area (Å²) in [6.07, 6.45) is 7.25. The molecule has 2 rings (SSSR count). The van der Waals surface area contributed by atoms with Crippen molar-refractivity contribution in [3.8, 4) is 0 Å². The van der Waals surface area contributed by atoms with Crippen molar-refractivity contribution in [2.24, 2.45) is 28.1 Å². The minimum Gasteiger partial charge on any atom is -0.748 e. The third kappa shape index (κ3) is 6.84. The van der Waals surface area contributed by atoms with E-state index in [-0.39, 0.29) is 58.7 Å². The molecule has 0 radical (unpaired) electrons. The molecule has 2 aliphatic rings. The SMILES string of the molecule is CCCCC1(CC)COC(=O)C1(CC(C)C1CCC(S(=O)(=O)[O-])CC1)CC(C)(CC)C(=O)OC.[Na+]. The molecule has 1 aliphatic heterocycles. The number of carbonyl (C=O) groups excluding carboxylic acids is 2. The fourth-order valence-electron chi connectivity index (χ4n) is 6.69. The van der Waals surface area contributed by atoms with E-state index in [1.807, 2.05) is 13.8 Å². The topological polar surface area (TPSA) is 110 Å². The first-order valence-corrected chi connectivity index (χ1v) is 14.5. The number of methoxy groups -OCH3 is 1. The molecule has 1 saturated carbocycles. The Labute approximate surface area is 234 Å². The second kappa shape index (κ2) is 13.1. The molecule has 0 amide bonds. The summed E-state index contributed by atoms with van der Waals surface area (Å²) in [6, 6.07) is 0. The van der Waals surface area contributed by atoms with Crippen LogP contribution in [-0.2, 0) is 29.2 Å². The molecule has 0 aromatic heterocycles. The van der Waals surface area contributed by atoms with E-state index in [2.05, 4.69) is 20.8 Å². The van der Waals surface area contributed by atoms with Crippen LogP contribution in [0.25, 0.3) is 0 Å². The molecule has 1 saturated heterocycles. The van der Waals surface area contributed by atoms with Gasteiger partial charge in [-0.2, -0.15) is 0 Å². The van der Waals surface area contributed by atoms with Crippen molar-refractivity contribution < 1.29 is 61.6 Å². The second-order valence-corrected chi connectivity index (χ2v) is 12.8. The van der Waals surface area contributed by atoms with Gasteiger partial charge in [0.15, 0.2) is 0 Å². The summed E-state index contributed by atoms with van der Waals surface area (Å²) in [5, 5.41) is -0.802. The average Bonchev–Trinajstić information content (AvgIpc) is 3.07. The predicted molar refractivity (Wildman–Crippen MR) is 130 cm³/mol. The number of hydrogen-bond donors (Lipinski definition) is 0. The zero-order valence-corrected chi connectivity index (χ0v) is 25.8. The van der Waals surface area contributed by atoms with E-state index in [9.17, 15) is 22.6 Å². The Morgan fingerprint density at radius 3 is 2.29 bits per heavy atom. The largest absolute Gasteiger partial charge is 1.00 e. The number of unbranched alkanes of at least 4 members (excludes halogenated alkanes) is 1. The van der Waals surface area contributed by atoms with Crippen molar-refractivity contribution in [1.82, 2.24) is 0 Å². The third-order valence-corrected chi connectivity index (χ3v) is 10.6. The first-order chi connectivity index (χ1) is 15.8. The molecule has 0 aromatic carbocycles. The smallest absolute Gasteiger partial charge is 0.748 e. The molecule has 0 bridgehead atoms. The fourth-order valence-corrected chi connectivity index (χ4v) is 7.54. The van der Waals surface area contributed by atoms with Gasteiger partial charge in [-0.05, 0) is 76.5 Å². The van der Waals surface area contributed by atoms with Crippen molar-refractivity contribution in [3.63, 3.8) is 0 Å². The van der Waals surface area contributed by atoms with E-state index in [0.29, 0.717) is 51.6 Å². The van der Waals surface area contributed by atoms with Gasteiger partial charge in [0.2, 0.25) is 0 Å². The minimum absolute atomic E-state index is 0. The number of rotatable bonds is 12. The van der Waals surface area contributed by atoms with Crippen LogP contribution in [0.4, 0.5) is 0 Å². The molecule has 2 fully saturated rings. The fraction of sp³-hybridized carbons (Fsp3) is 0.923. The molecule has 0 aromatic rings. The molecule has 1 heterocycles. The summed E-state index contributed by atoms with van der Waals surface area (Å²) in [5.41, 5.74) is -1.97. The average molecular weight is 525 g/mol. The van der Waals surface area contributed by atoms with Crippen molar-refractivity contribution in [2.45, 2.75) is 110 Å². The van der Waals surface area contributed by atoms with Gasteiger partial charge >= 0.3 is 41.5 Å². The van der Waals surface area contributed by atoms with Crippen LogP contribution in [0.15, 0.2) is 0 Å². The van der Waals surface area contributed by atoms with Gasteiger partial charge in [0.1, 0.15) is 0 Å². The van der Waals surface area contributed by atoms with Gasteiger partial charge in [-0.25, -0.2) is 8.42 Å². The van der Waals surface area contributed by atoms with Crippen molar-refractivity contribution in [2.75, 3.05) is 13.7 Å². The van der Waals surface area contributed by atoms with E-state index < -0.39 is 26.2 Å². The van der Waals surface area contributed by atoms with Crippen LogP contribution in [0.2, 0.25) is 0 Å². The minimum atomic E-state index is -4.27. The monoisotopic (exact) mass is 524 g/mol. The second-order valence-electron chi connectivity index (χ2n) is 11.2. The number of carbonyl (C=O) groups is 2. The summed E-state index contributed by atoms with van der Waals surface area (Å²) >= 11 is 0. The van der Waals surface area contributed by atoms with Gasteiger partial charge in [0.25, 0.3) is 0 Å². The van der Waals surface area contributed by atoms with E-state index in [0.717, 1.165) is 25.7 Å². The van der Waals surface area contributed by atoms with E-state index >= 15 is 0 Å². The summed E-state index contributed by atoms with van der Waals surface area (Å²) in [4.78, 5) is 26.5. The van der Waals surface area contributed by atoms with Crippen LogP contribution in [0.5, 0.6) is 0 Å². The van der Waals surface area contributed by atoms with Crippen LogP contribution in [0.1, 0.15) is 105 Å². The zero-order chi connectivity index (χ0) is 25.8. The van der Waals surface area contributed by atoms with Gasteiger partial charge in [-0.3, -0.25) is 9.59 Å². The van der Waals surface area contributed by atoms with Crippen LogP contribution in [0, 0.1) is 28.1 Å². The number of hydrogen-bond acceptors (Lipinski definition) is 7. The van der Waals surface area contributed by atoms with Gasteiger partial charge in [0, 0.05) is 10.7 Å². The molecular formula is C26H45NaO7S.